The molecule has 1 fully saturated rings. The van der Waals surface area contributed by atoms with Crippen molar-refractivity contribution < 1.29 is 31.3 Å². The fraction of sp³-hybridized carbons (Fsp3) is 0.350. The maximum atomic E-state index is 12.6. The molecule has 0 saturated carbocycles. The van der Waals surface area contributed by atoms with E-state index >= 15 is 0 Å². The second-order valence-electron chi connectivity index (χ2n) is 7.31. The van der Waals surface area contributed by atoms with Crippen molar-refractivity contribution in [3.8, 4) is 0 Å². The van der Waals surface area contributed by atoms with Gasteiger partial charge in [-0.3, -0.25) is 14.9 Å². The Kier molecular flexibility index (Phi) is 7.22. The molecule has 1 heterocycles. The van der Waals surface area contributed by atoms with Crippen LogP contribution in [0.2, 0.25) is 0 Å². The monoisotopic (exact) mass is 486 g/mol. The highest BCUT2D eigenvalue weighted by molar-refractivity contribution is 7.89. The first-order valence-corrected chi connectivity index (χ1v) is 11.4. The van der Waals surface area contributed by atoms with Crippen molar-refractivity contribution in [2.24, 2.45) is 0 Å². The summed E-state index contributed by atoms with van der Waals surface area (Å²) in [6.45, 7) is 0.819. The number of nitro benzene ring substituents is 1. The number of amides is 1. The number of hydrogen-bond donors (Lipinski definition) is 2. The number of anilines is 1. The zero-order chi connectivity index (χ0) is 24.2. The first-order chi connectivity index (χ1) is 15.5. The molecule has 178 valence electrons. The molecule has 0 aliphatic carbocycles. The Morgan fingerprint density at radius 2 is 1.70 bits per heavy atom. The van der Waals surface area contributed by atoms with Crippen molar-refractivity contribution >= 4 is 27.3 Å². The van der Waals surface area contributed by atoms with Crippen molar-refractivity contribution in [1.29, 1.82) is 0 Å². The Morgan fingerprint density at radius 1 is 1.06 bits per heavy atom. The molecule has 13 heteroatoms. The van der Waals surface area contributed by atoms with Crippen LogP contribution in [-0.2, 0) is 16.2 Å². The lowest BCUT2D eigenvalue weighted by Gasteiger charge is -2.16. The molecule has 1 aliphatic rings. The molecule has 0 bridgehead atoms. The van der Waals surface area contributed by atoms with Gasteiger partial charge in [-0.2, -0.15) is 17.5 Å². The fourth-order valence-corrected chi connectivity index (χ4v) is 4.87. The third-order valence-electron chi connectivity index (χ3n) is 5.07. The Morgan fingerprint density at radius 3 is 2.27 bits per heavy atom. The highest BCUT2D eigenvalue weighted by Crippen LogP contribution is 2.30. The van der Waals surface area contributed by atoms with Crippen LogP contribution in [0.25, 0.3) is 0 Å². The van der Waals surface area contributed by atoms with Crippen molar-refractivity contribution in [2.45, 2.75) is 23.9 Å². The maximum absolute atomic E-state index is 12.6. The zero-order valence-electron chi connectivity index (χ0n) is 17.3. The number of sulfonamides is 1. The predicted molar refractivity (Wildman–Crippen MR) is 113 cm³/mol. The quantitative estimate of drug-likeness (QED) is 0.336. The van der Waals surface area contributed by atoms with Crippen LogP contribution < -0.4 is 10.6 Å². The van der Waals surface area contributed by atoms with Gasteiger partial charge in [0, 0.05) is 37.8 Å². The van der Waals surface area contributed by atoms with Gasteiger partial charge in [0.2, 0.25) is 10.0 Å². The highest BCUT2D eigenvalue weighted by Gasteiger charge is 2.31. The molecule has 1 amide bonds. The molecule has 33 heavy (non-hydrogen) atoms. The van der Waals surface area contributed by atoms with Crippen molar-refractivity contribution in [2.75, 3.05) is 31.5 Å². The van der Waals surface area contributed by atoms with Crippen LogP contribution in [0, 0.1) is 10.1 Å². The predicted octanol–water partition coefficient (Wildman–Crippen LogP) is 3.24. The average molecular weight is 486 g/mol. The molecule has 1 saturated heterocycles. The zero-order valence-corrected chi connectivity index (χ0v) is 18.1. The van der Waals surface area contributed by atoms with E-state index in [1.165, 1.54) is 16.4 Å². The Bertz CT molecular complexity index is 1130. The van der Waals surface area contributed by atoms with E-state index in [1.807, 2.05) is 0 Å². The third kappa shape index (κ3) is 5.79. The molecule has 1 aliphatic heterocycles. The summed E-state index contributed by atoms with van der Waals surface area (Å²) < 4.78 is 64.4. The van der Waals surface area contributed by atoms with Gasteiger partial charge in [0.1, 0.15) is 5.69 Å². The second kappa shape index (κ2) is 9.75. The van der Waals surface area contributed by atoms with Crippen LogP contribution in [0.1, 0.15) is 28.8 Å². The summed E-state index contributed by atoms with van der Waals surface area (Å²) >= 11 is 0. The minimum Gasteiger partial charge on any atom is -0.378 e. The summed E-state index contributed by atoms with van der Waals surface area (Å²) in [5.41, 5.74) is -1.19. The molecule has 2 aromatic rings. The molecular weight excluding hydrogens is 465 g/mol. The van der Waals surface area contributed by atoms with Crippen LogP contribution in [0.4, 0.5) is 24.5 Å². The molecule has 0 spiro atoms. The van der Waals surface area contributed by atoms with E-state index in [0.717, 1.165) is 43.2 Å². The number of carbonyl (C=O) groups is 1. The van der Waals surface area contributed by atoms with Crippen LogP contribution in [-0.4, -0.2) is 49.7 Å². The lowest BCUT2D eigenvalue weighted by atomic mass is 10.1. The SMILES string of the molecule is O=C(NCCNc1ccc(S(=O)(=O)N2CCCC2)cc1[N+](=O)[O-])c1ccc(C(F)(F)F)cc1. The summed E-state index contributed by atoms with van der Waals surface area (Å²) in [6.07, 6.45) is -3.03. The van der Waals surface area contributed by atoms with Crippen LogP contribution in [0.15, 0.2) is 47.4 Å². The Hall–Kier alpha value is -3.19. The minimum absolute atomic E-state index is 0.0187. The molecule has 0 unspecified atom stereocenters. The summed E-state index contributed by atoms with van der Waals surface area (Å²) in [5.74, 6) is -0.605. The fourth-order valence-electron chi connectivity index (χ4n) is 3.34. The maximum Gasteiger partial charge on any atom is 0.416 e. The van der Waals surface area contributed by atoms with Gasteiger partial charge in [0.15, 0.2) is 0 Å². The second-order valence-corrected chi connectivity index (χ2v) is 9.24. The van der Waals surface area contributed by atoms with Crippen LogP contribution in [0.5, 0.6) is 0 Å². The summed E-state index contributed by atoms with van der Waals surface area (Å²) in [4.78, 5) is 22.7. The summed E-state index contributed by atoms with van der Waals surface area (Å²) in [5, 5.41) is 16.7. The number of nitrogens with zero attached hydrogens (tertiary/aromatic N) is 2. The van der Waals surface area contributed by atoms with Gasteiger partial charge in [-0.05, 0) is 49.2 Å². The van der Waals surface area contributed by atoms with Gasteiger partial charge in [-0.25, -0.2) is 8.42 Å². The first kappa shape index (κ1) is 24.5. The van der Waals surface area contributed by atoms with E-state index in [-0.39, 0.29) is 29.2 Å². The van der Waals surface area contributed by atoms with Gasteiger partial charge >= 0.3 is 6.18 Å². The van der Waals surface area contributed by atoms with E-state index in [0.29, 0.717) is 13.1 Å². The molecule has 0 aromatic heterocycles. The summed E-state index contributed by atoms with van der Waals surface area (Å²) in [6, 6.07) is 7.27. The van der Waals surface area contributed by atoms with E-state index in [2.05, 4.69) is 10.6 Å². The highest BCUT2D eigenvalue weighted by atomic mass is 32.2. The topological polar surface area (TPSA) is 122 Å². The standard InChI is InChI=1S/C20H21F3N4O5S/c21-20(22,23)15-5-3-14(4-6-15)19(28)25-10-9-24-17-8-7-16(13-18(17)27(29)30)33(31,32)26-11-1-2-12-26/h3-8,13,24H,1-2,9-12H2,(H,25,28). The van der Waals surface area contributed by atoms with Gasteiger partial charge < -0.3 is 10.6 Å². The smallest absolute Gasteiger partial charge is 0.378 e. The van der Waals surface area contributed by atoms with Gasteiger partial charge in [-0.15, -0.1) is 0 Å². The van der Waals surface area contributed by atoms with Crippen molar-refractivity contribution in [3.05, 3.63) is 63.7 Å². The number of benzene rings is 2. The van der Waals surface area contributed by atoms with Gasteiger partial charge in [0.25, 0.3) is 11.6 Å². The van der Waals surface area contributed by atoms with Gasteiger partial charge in [0.05, 0.1) is 15.4 Å². The molecule has 2 N–H and O–H groups in total. The molecule has 2 aromatic carbocycles. The lowest BCUT2D eigenvalue weighted by molar-refractivity contribution is -0.384. The van der Waals surface area contributed by atoms with Crippen LogP contribution >= 0.6 is 0 Å². The molecule has 3 rings (SSSR count). The number of nitrogens with one attached hydrogen (secondary N) is 2. The normalized spacial score (nSPS) is 14.8. The van der Waals surface area contributed by atoms with Crippen molar-refractivity contribution in [1.82, 2.24) is 9.62 Å². The molecule has 9 nitrogen and oxygen atoms in total. The van der Waals surface area contributed by atoms with Gasteiger partial charge in [-0.1, -0.05) is 0 Å². The molecule has 0 atom stereocenters. The Labute approximate surface area is 187 Å². The number of rotatable bonds is 8. The number of alkyl halides is 3. The Balaban J connectivity index is 1.60. The molecule has 0 radical (unpaired) electrons. The van der Waals surface area contributed by atoms with E-state index < -0.39 is 38.3 Å². The van der Waals surface area contributed by atoms with E-state index in [1.54, 1.807) is 0 Å². The summed E-state index contributed by atoms with van der Waals surface area (Å²) in [7, 11) is -3.82. The number of nitro groups is 1. The largest absolute Gasteiger partial charge is 0.416 e. The van der Waals surface area contributed by atoms with E-state index in [9.17, 15) is 36.5 Å². The number of halogens is 3. The lowest BCUT2D eigenvalue weighted by Crippen LogP contribution is -2.29. The number of hydrogen-bond acceptors (Lipinski definition) is 6. The van der Waals surface area contributed by atoms with Crippen molar-refractivity contribution in [3.63, 3.8) is 0 Å². The average Bonchev–Trinajstić information content (AvgIpc) is 3.32. The first-order valence-electron chi connectivity index (χ1n) is 9.98. The van der Waals surface area contributed by atoms with Crippen LogP contribution in [0.3, 0.4) is 0 Å². The third-order valence-corrected chi connectivity index (χ3v) is 6.96. The number of carbonyl (C=O) groups excluding carboxylic acids is 1. The molecular formula is C20H21F3N4O5S. The van der Waals surface area contributed by atoms with E-state index in [4.69, 9.17) is 0 Å². The minimum atomic E-state index is -4.50.